The minimum absolute atomic E-state index is 0.141. The molecule has 2 aromatic heterocycles. The number of nitrogens with zero attached hydrogens (tertiary/aromatic N) is 3. The fourth-order valence-corrected chi connectivity index (χ4v) is 3.99. The smallest absolute Gasteiger partial charge is 0.224 e. The molecule has 4 rings (SSSR count). The maximum Gasteiger partial charge on any atom is 0.224 e. The number of carbonyl (C=O) groups excluding carboxylic acids is 1. The van der Waals surface area contributed by atoms with Gasteiger partial charge in [0.1, 0.15) is 0 Å². The molecule has 1 unspecified atom stereocenters. The lowest BCUT2D eigenvalue weighted by molar-refractivity contribution is -0.133. The van der Waals surface area contributed by atoms with Crippen LogP contribution in [0.3, 0.4) is 0 Å². The number of rotatable bonds is 7. The van der Waals surface area contributed by atoms with Crippen molar-refractivity contribution < 1.29 is 9.53 Å². The van der Waals surface area contributed by atoms with Gasteiger partial charge < -0.3 is 14.2 Å². The second-order valence-corrected chi connectivity index (χ2v) is 7.48. The highest BCUT2D eigenvalue weighted by Gasteiger charge is 2.23. The van der Waals surface area contributed by atoms with E-state index in [1.54, 1.807) is 6.20 Å². The number of aromatic nitrogens is 2. The van der Waals surface area contributed by atoms with Crippen LogP contribution in [0.1, 0.15) is 30.7 Å². The van der Waals surface area contributed by atoms with Gasteiger partial charge in [-0.25, -0.2) is 0 Å². The van der Waals surface area contributed by atoms with Crippen LogP contribution in [0.15, 0.2) is 54.7 Å². The Kier molecular flexibility index (Phi) is 5.72. The summed E-state index contributed by atoms with van der Waals surface area (Å²) < 4.78 is 8.01. The highest BCUT2D eigenvalue weighted by atomic mass is 16.5. The van der Waals surface area contributed by atoms with E-state index in [0.29, 0.717) is 26.1 Å². The molecule has 1 fully saturated rings. The van der Waals surface area contributed by atoms with E-state index in [4.69, 9.17) is 4.74 Å². The normalized spacial score (nSPS) is 16.5. The minimum atomic E-state index is 0.141. The fraction of sp³-hybridized carbons (Fsp3) is 0.391. The summed E-state index contributed by atoms with van der Waals surface area (Å²) >= 11 is 0. The van der Waals surface area contributed by atoms with Gasteiger partial charge in [0.2, 0.25) is 5.91 Å². The van der Waals surface area contributed by atoms with E-state index in [9.17, 15) is 4.79 Å². The van der Waals surface area contributed by atoms with Crippen molar-refractivity contribution in [2.75, 3.05) is 13.2 Å². The summed E-state index contributed by atoms with van der Waals surface area (Å²) in [6.07, 6.45) is 4.48. The monoisotopic (exact) mass is 377 g/mol. The molecule has 5 nitrogen and oxygen atoms in total. The van der Waals surface area contributed by atoms with Crippen molar-refractivity contribution >= 4 is 16.8 Å². The lowest BCUT2D eigenvalue weighted by Gasteiger charge is -2.25. The molecule has 0 aliphatic carbocycles. The van der Waals surface area contributed by atoms with Gasteiger partial charge in [0, 0.05) is 43.5 Å². The Balaban J connectivity index is 1.47. The van der Waals surface area contributed by atoms with Gasteiger partial charge in [-0.05, 0) is 49.4 Å². The third kappa shape index (κ3) is 4.25. The van der Waals surface area contributed by atoms with E-state index in [-0.39, 0.29) is 12.0 Å². The molecule has 1 atom stereocenters. The van der Waals surface area contributed by atoms with Crippen molar-refractivity contribution in [1.29, 1.82) is 0 Å². The number of hydrogen-bond donors (Lipinski definition) is 0. The first-order valence-electron chi connectivity index (χ1n) is 10.0. The molecule has 0 N–H and O–H groups in total. The van der Waals surface area contributed by atoms with Gasteiger partial charge in [0.05, 0.1) is 18.3 Å². The molecule has 1 aromatic carbocycles. The largest absolute Gasteiger partial charge is 0.376 e. The van der Waals surface area contributed by atoms with Crippen LogP contribution in [0, 0.1) is 6.92 Å². The summed E-state index contributed by atoms with van der Waals surface area (Å²) in [6.45, 7) is 4.75. The number of hydrogen-bond acceptors (Lipinski definition) is 3. The van der Waals surface area contributed by atoms with Crippen LogP contribution in [0.4, 0.5) is 0 Å². The first-order valence-corrected chi connectivity index (χ1v) is 10.0. The second kappa shape index (κ2) is 8.57. The van der Waals surface area contributed by atoms with Gasteiger partial charge in [-0.3, -0.25) is 9.78 Å². The van der Waals surface area contributed by atoms with Crippen LogP contribution in [-0.2, 0) is 22.6 Å². The molecule has 0 saturated carbocycles. The van der Waals surface area contributed by atoms with Crippen LogP contribution in [-0.4, -0.2) is 39.6 Å². The number of amides is 1. The maximum absolute atomic E-state index is 13.1. The van der Waals surface area contributed by atoms with Crippen LogP contribution in [0.5, 0.6) is 0 Å². The van der Waals surface area contributed by atoms with Gasteiger partial charge in [-0.1, -0.05) is 24.3 Å². The Morgan fingerprint density at radius 1 is 1.25 bits per heavy atom. The van der Waals surface area contributed by atoms with Crippen LogP contribution >= 0.6 is 0 Å². The zero-order chi connectivity index (χ0) is 19.3. The molecular weight excluding hydrogens is 350 g/mol. The average Bonchev–Trinajstić information content (AvgIpc) is 3.33. The summed E-state index contributed by atoms with van der Waals surface area (Å²) in [5.41, 5.74) is 3.28. The maximum atomic E-state index is 13.1. The SMILES string of the molecule is Cc1cc2ccccc2n1CCC(=O)N(Cc1ccccn1)CC1CCCO1. The van der Waals surface area contributed by atoms with E-state index in [2.05, 4.69) is 34.7 Å². The lowest BCUT2D eigenvalue weighted by Crippen LogP contribution is -2.37. The topological polar surface area (TPSA) is 47.4 Å². The fourth-order valence-electron chi connectivity index (χ4n) is 3.99. The van der Waals surface area contributed by atoms with Crippen molar-refractivity contribution in [3.63, 3.8) is 0 Å². The molecule has 1 aliphatic rings. The number of carbonyl (C=O) groups is 1. The third-order valence-corrected chi connectivity index (χ3v) is 5.45. The Bertz CT molecular complexity index is 929. The number of fused-ring (bicyclic) bond motifs is 1. The number of benzene rings is 1. The molecule has 1 amide bonds. The van der Waals surface area contributed by atoms with Gasteiger partial charge in [0.25, 0.3) is 0 Å². The number of pyridine rings is 1. The molecule has 0 spiro atoms. The van der Waals surface area contributed by atoms with Crippen molar-refractivity contribution in [3.05, 3.63) is 66.1 Å². The molecule has 3 aromatic rings. The Labute approximate surface area is 165 Å². The number of para-hydroxylation sites is 1. The van der Waals surface area contributed by atoms with Gasteiger partial charge in [0.15, 0.2) is 0 Å². The third-order valence-electron chi connectivity index (χ3n) is 5.45. The zero-order valence-corrected chi connectivity index (χ0v) is 16.4. The van der Waals surface area contributed by atoms with Gasteiger partial charge in [-0.15, -0.1) is 0 Å². The van der Waals surface area contributed by atoms with Crippen molar-refractivity contribution in [3.8, 4) is 0 Å². The predicted octanol–water partition coefficient (Wildman–Crippen LogP) is 3.94. The first-order chi connectivity index (χ1) is 13.7. The van der Waals surface area contributed by atoms with Gasteiger partial charge in [-0.2, -0.15) is 0 Å². The molecule has 146 valence electrons. The summed E-state index contributed by atoms with van der Waals surface area (Å²) in [5, 5.41) is 1.22. The summed E-state index contributed by atoms with van der Waals surface area (Å²) in [5.74, 6) is 0.151. The van der Waals surface area contributed by atoms with E-state index in [1.807, 2.05) is 35.2 Å². The molecule has 1 saturated heterocycles. The van der Waals surface area contributed by atoms with Gasteiger partial charge >= 0.3 is 0 Å². The Morgan fingerprint density at radius 2 is 2.11 bits per heavy atom. The first kappa shape index (κ1) is 18.7. The molecule has 1 aliphatic heterocycles. The van der Waals surface area contributed by atoms with E-state index < -0.39 is 0 Å². The summed E-state index contributed by atoms with van der Waals surface area (Å²) in [7, 11) is 0. The summed E-state index contributed by atoms with van der Waals surface area (Å²) in [4.78, 5) is 19.4. The highest BCUT2D eigenvalue weighted by Crippen LogP contribution is 2.20. The lowest BCUT2D eigenvalue weighted by atomic mass is 10.2. The average molecular weight is 377 g/mol. The quantitative estimate of drug-likeness (QED) is 0.626. The minimum Gasteiger partial charge on any atom is -0.376 e. The molecule has 0 bridgehead atoms. The molecule has 3 heterocycles. The van der Waals surface area contributed by atoms with Crippen molar-refractivity contribution in [2.45, 2.75) is 45.4 Å². The Morgan fingerprint density at radius 3 is 2.89 bits per heavy atom. The highest BCUT2D eigenvalue weighted by molar-refractivity contribution is 5.81. The Hall–Kier alpha value is -2.66. The van der Waals surface area contributed by atoms with Crippen LogP contribution in [0.25, 0.3) is 10.9 Å². The van der Waals surface area contributed by atoms with Crippen LogP contribution < -0.4 is 0 Å². The zero-order valence-electron chi connectivity index (χ0n) is 16.4. The van der Waals surface area contributed by atoms with Crippen molar-refractivity contribution in [2.24, 2.45) is 0 Å². The predicted molar refractivity (Wildman–Crippen MR) is 110 cm³/mol. The molecular formula is C23H27N3O2. The number of aryl methyl sites for hydroxylation is 2. The number of ether oxygens (including phenoxy) is 1. The summed E-state index contributed by atoms with van der Waals surface area (Å²) in [6, 6.07) is 16.3. The second-order valence-electron chi connectivity index (χ2n) is 7.48. The van der Waals surface area contributed by atoms with E-state index in [0.717, 1.165) is 25.1 Å². The van der Waals surface area contributed by atoms with Crippen molar-refractivity contribution in [1.82, 2.24) is 14.5 Å². The molecule has 0 radical (unpaired) electrons. The van der Waals surface area contributed by atoms with Crippen LogP contribution in [0.2, 0.25) is 0 Å². The van der Waals surface area contributed by atoms with E-state index in [1.165, 1.54) is 16.6 Å². The standard InChI is InChI=1S/C23H27N3O2/c1-18-15-19-7-2-3-10-22(19)26(18)13-11-23(27)25(17-21-9-6-14-28-21)16-20-8-4-5-12-24-20/h2-5,7-8,10,12,15,21H,6,9,11,13-14,16-17H2,1H3. The molecule has 5 heteroatoms. The molecule has 28 heavy (non-hydrogen) atoms. The van der Waals surface area contributed by atoms with E-state index >= 15 is 0 Å².